The summed E-state index contributed by atoms with van der Waals surface area (Å²) in [6.07, 6.45) is 17.2. The lowest BCUT2D eigenvalue weighted by Gasteiger charge is -2.61. The summed E-state index contributed by atoms with van der Waals surface area (Å²) in [4.78, 5) is 12.7. The zero-order chi connectivity index (χ0) is 28.5. The molecular formula is C32H58N2O4S. The highest BCUT2D eigenvalue weighted by atomic mass is 32.2. The van der Waals surface area contributed by atoms with E-state index in [2.05, 4.69) is 26.1 Å². The van der Waals surface area contributed by atoms with Crippen molar-refractivity contribution in [2.24, 2.45) is 46.3 Å². The molecule has 6 nitrogen and oxygen atoms in total. The van der Waals surface area contributed by atoms with E-state index in [4.69, 9.17) is 0 Å². The van der Waals surface area contributed by atoms with Gasteiger partial charge in [0.2, 0.25) is 5.91 Å². The second-order valence-corrected chi connectivity index (χ2v) is 16.9. The molecule has 4 aliphatic rings. The van der Waals surface area contributed by atoms with Gasteiger partial charge in [-0.05, 0) is 104 Å². The van der Waals surface area contributed by atoms with E-state index < -0.39 is 10.1 Å². The Morgan fingerprint density at radius 2 is 1.67 bits per heavy atom. The summed E-state index contributed by atoms with van der Waals surface area (Å²) < 4.78 is 33.2. The molecule has 4 aliphatic carbocycles. The summed E-state index contributed by atoms with van der Waals surface area (Å²) in [5, 5.41) is 3.12. The molecule has 0 aliphatic heterocycles. The predicted octanol–water partition coefficient (Wildman–Crippen LogP) is 5.97. The molecule has 4 saturated carbocycles. The van der Waals surface area contributed by atoms with Crippen LogP contribution in [-0.2, 0) is 14.9 Å². The van der Waals surface area contributed by atoms with Crippen LogP contribution < -0.4 is 5.32 Å². The highest BCUT2D eigenvalue weighted by Gasteiger charge is 2.60. The fourth-order valence-corrected chi connectivity index (χ4v) is 10.9. The second kappa shape index (κ2) is 12.3. The largest absolute Gasteiger partial charge is 0.748 e. The zero-order valence-corrected chi connectivity index (χ0v) is 26.5. The van der Waals surface area contributed by atoms with Crippen LogP contribution in [0.1, 0.15) is 111 Å². The topological polar surface area (TPSA) is 86.3 Å². The molecule has 7 heteroatoms. The fourth-order valence-electron chi connectivity index (χ4n) is 10.4. The maximum atomic E-state index is 12.7. The normalized spacial score (nSPS) is 37.4. The van der Waals surface area contributed by atoms with E-state index in [1.807, 2.05) is 14.1 Å². The Balaban J connectivity index is 1.20. The Hall–Kier alpha value is -0.660. The van der Waals surface area contributed by atoms with Crippen molar-refractivity contribution in [2.45, 2.75) is 111 Å². The van der Waals surface area contributed by atoms with Gasteiger partial charge in [0.25, 0.3) is 0 Å². The molecular weight excluding hydrogens is 508 g/mol. The fraction of sp³-hybridized carbons (Fsp3) is 0.969. The van der Waals surface area contributed by atoms with E-state index in [1.165, 1.54) is 64.2 Å². The third-order valence-corrected chi connectivity index (χ3v) is 13.4. The van der Waals surface area contributed by atoms with Crippen LogP contribution in [-0.4, -0.2) is 62.8 Å². The molecule has 39 heavy (non-hydrogen) atoms. The summed E-state index contributed by atoms with van der Waals surface area (Å²) in [7, 11) is -0.0494. The van der Waals surface area contributed by atoms with Gasteiger partial charge in [-0.1, -0.05) is 33.6 Å². The van der Waals surface area contributed by atoms with Crippen LogP contribution >= 0.6 is 0 Å². The summed E-state index contributed by atoms with van der Waals surface area (Å²) in [6.45, 7) is 9.87. The minimum atomic E-state index is -4.14. The van der Waals surface area contributed by atoms with Crippen LogP contribution in [0.3, 0.4) is 0 Å². The smallest absolute Gasteiger partial charge is 0.220 e. The Kier molecular flexibility index (Phi) is 9.86. The number of fused-ring (bicyclic) bond motifs is 5. The Labute approximate surface area is 239 Å². The molecule has 0 bridgehead atoms. The van der Waals surface area contributed by atoms with Crippen molar-refractivity contribution in [1.82, 2.24) is 5.32 Å². The van der Waals surface area contributed by atoms with E-state index in [-0.39, 0.29) is 11.7 Å². The number of nitrogens with zero attached hydrogens (tertiary/aromatic N) is 1. The number of hydrogen-bond acceptors (Lipinski definition) is 4. The van der Waals surface area contributed by atoms with Crippen molar-refractivity contribution >= 4 is 16.0 Å². The molecule has 4 fully saturated rings. The van der Waals surface area contributed by atoms with Gasteiger partial charge in [0.05, 0.1) is 37.3 Å². The molecule has 4 rings (SSSR count). The molecule has 226 valence electrons. The highest BCUT2D eigenvalue weighted by molar-refractivity contribution is 7.85. The van der Waals surface area contributed by atoms with Gasteiger partial charge in [-0.2, -0.15) is 0 Å². The van der Waals surface area contributed by atoms with Gasteiger partial charge in [-0.25, -0.2) is 8.42 Å². The van der Waals surface area contributed by atoms with Crippen molar-refractivity contribution in [3.8, 4) is 0 Å². The van der Waals surface area contributed by atoms with Gasteiger partial charge in [0.15, 0.2) is 0 Å². The first kappa shape index (κ1) is 31.3. The van der Waals surface area contributed by atoms with Gasteiger partial charge in [-0.15, -0.1) is 0 Å². The number of nitrogens with one attached hydrogen (secondary N) is 1. The SMILES string of the molecule is C[C@H](CCC(=O)NCCC[N+](C)(C)CCCS(=O)(=O)[O-])[C@H]1CC[C@H]2[C@@H]3CCC4CCCC[C@]4(C)[C@H]3CC[C@]12C. The van der Waals surface area contributed by atoms with Gasteiger partial charge in [0.1, 0.15) is 0 Å². The Morgan fingerprint density at radius 1 is 0.949 bits per heavy atom. The average molecular weight is 567 g/mol. The van der Waals surface area contributed by atoms with Gasteiger partial charge < -0.3 is 14.4 Å². The lowest BCUT2D eigenvalue weighted by atomic mass is 9.44. The van der Waals surface area contributed by atoms with E-state index in [0.717, 1.165) is 49.0 Å². The van der Waals surface area contributed by atoms with Crippen LogP contribution in [0.25, 0.3) is 0 Å². The van der Waals surface area contributed by atoms with Crippen LogP contribution in [0.5, 0.6) is 0 Å². The zero-order valence-electron chi connectivity index (χ0n) is 25.7. The maximum absolute atomic E-state index is 12.7. The lowest BCUT2D eigenvalue weighted by Crippen LogP contribution is -2.53. The molecule has 0 aromatic rings. The number of amides is 1. The van der Waals surface area contributed by atoms with Gasteiger partial charge in [0, 0.05) is 31.6 Å². The van der Waals surface area contributed by atoms with Crippen LogP contribution in [0, 0.1) is 46.3 Å². The Bertz CT molecular complexity index is 952. The maximum Gasteiger partial charge on any atom is 0.220 e. The summed E-state index contributed by atoms with van der Waals surface area (Å²) in [5.74, 6) is 4.99. The first-order valence-electron chi connectivity index (χ1n) is 16.3. The molecule has 0 saturated heterocycles. The van der Waals surface area contributed by atoms with Gasteiger partial charge >= 0.3 is 0 Å². The van der Waals surface area contributed by atoms with Gasteiger partial charge in [-0.3, -0.25) is 4.79 Å². The molecule has 0 spiro atoms. The minimum absolute atomic E-state index is 0.163. The molecule has 0 radical (unpaired) electrons. The molecule has 1 N–H and O–H groups in total. The van der Waals surface area contributed by atoms with Crippen LogP contribution in [0.15, 0.2) is 0 Å². The lowest BCUT2D eigenvalue weighted by molar-refractivity contribution is -0.890. The van der Waals surface area contributed by atoms with Crippen molar-refractivity contribution < 1.29 is 22.2 Å². The van der Waals surface area contributed by atoms with E-state index >= 15 is 0 Å². The second-order valence-electron chi connectivity index (χ2n) is 15.3. The third kappa shape index (κ3) is 7.23. The van der Waals surface area contributed by atoms with Crippen molar-refractivity contribution in [3.63, 3.8) is 0 Å². The summed E-state index contributed by atoms with van der Waals surface area (Å²) in [6, 6.07) is 0. The van der Waals surface area contributed by atoms with Crippen molar-refractivity contribution in [1.29, 1.82) is 0 Å². The number of quaternary nitrogens is 1. The van der Waals surface area contributed by atoms with E-state index in [9.17, 15) is 17.8 Å². The van der Waals surface area contributed by atoms with E-state index in [1.54, 1.807) is 0 Å². The molecule has 1 unspecified atom stereocenters. The van der Waals surface area contributed by atoms with Crippen LogP contribution in [0.2, 0.25) is 0 Å². The van der Waals surface area contributed by atoms with Crippen LogP contribution in [0.4, 0.5) is 0 Å². The van der Waals surface area contributed by atoms with Crippen molar-refractivity contribution in [2.75, 3.05) is 39.5 Å². The Morgan fingerprint density at radius 3 is 2.41 bits per heavy atom. The number of rotatable bonds is 12. The number of carbonyl (C=O) groups is 1. The predicted molar refractivity (Wildman–Crippen MR) is 157 cm³/mol. The monoisotopic (exact) mass is 566 g/mol. The first-order valence-corrected chi connectivity index (χ1v) is 17.9. The standard InChI is InChI=1S/C32H58N2O4S/c1-24(11-16-30(35)33-20-8-21-34(4,5)22-9-23-39(36,37)38)27-14-15-28-26-13-12-25-10-6-7-18-31(25,2)29(26)17-19-32(27,28)3/h24-29H,6-23H2,1-5H3,(H-,33,35,36,37,38)/t24-,25?,26+,27-,28+,29+,31+,32-/m1/s1. The third-order valence-electron chi connectivity index (χ3n) is 12.6. The first-order chi connectivity index (χ1) is 18.3. The molecule has 8 atom stereocenters. The minimum Gasteiger partial charge on any atom is -0.748 e. The summed E-state index contributed by atoms with van der Waals surface area (Å²) in [5.41, 5.74) is 1.07. The summed E-state index contributed by atoms with van der Waals surface area (Å²) >= 11 is 0. The highest BCUT2D eigenvalue weighted by Crippen LogP contribution is 2.68. The molecule has 0 aromatic carbocycles. The average Bonchev–Trinajstić information content (AvgIpc) is 3.21. The number of carbonyl (C=O) groups excluding carboxylic acids is 1. The quantitative estimate of drug-likeness (QED) is 0.179. The van der Waals surface area contributed by atoms with Crippen molar-refractivity contribution in [3.05, 3.63) is 0 Å². The van der Waals surface area contributed by atoms with E-state index in [0.29, 0.717) is 47.2 Å². The number of hydrogen-bond donors (Lipinski definition) is 1. The molecule has 1 amide bonds. The molecule has 0 aromatic heterocycles. The molecule has 0 heterocycles.